The van der Waals surface area contributed by atoms with Gasteiger partial charge in [0.05, 0.1) is 12.3 Å². The molecule has 0 amide bonds. The van der Waals surface area contributed by atoms with Gasteiger partial charge in [-0.3, -0.25) is 4.68 Å². The predicted molar refractivity (Wildman–Crippen MR) is 79.9 cm³/mol. The van der Waals surface area contributed by atoms with E-state index >= 15 is 0 Å². The molecule has 0 atom stereocenters. The molecule has 4 nitrogen and oxygen atoms in total. The first-order valence-corrected chi connectivity index (χ1v) is 7.25. The Labute approximate surface area is 119 Å². The van der Waals surface area contributed by atoms with Gasteiger partial charge >= 0.3 is 0 Å². The number of hydrogen-bond acceptors (Lipinski definition) is 3. The number of aromatic nitrogens is 2. The van der Waals surface area contributed by atoms with Gasteiger partial charge in [0, 0.05) is 19.5 Å². The summed E-state index contributed by atoms with van der Waals surface area (Å²) in [7, 11) is 1.85. The van der Waals surface area contributed by atoms with E-state index in [1.165, 1.54) is 36.8 Å². The first kappa shape index (κ1) is 13.0. The van der Waals surface area contributed by atoms with Crippen molar-refractivity contribution in [1.29, 1.82) is 0 Å². The van der Waals surface area contributed by atoms with Gasteiger partial charge in [-0.2, -0.15) is 5.10 Å². The number of anilines is 1. The molecule has 0 bridgehead atoms. The van der Waals surface area contributed by atoms with Crippen LogP contribution in [0.5, 0.6) is 5.75 Å². The number of rotatable bonds is 4. The van der Waals surface area contributed by atoms with Gasteiger partial charge in [-0.1, -0.05) is 6.07 Å². The predicted octanol–water partition coefficient (Wildman–Crippen LogP) is 2.50. The van der Waals surface area contributed by atoms with Gasteiger partial charge in [-0.05, 0) is 48.9 Å². The maximum absolute atomic E-state index is 5.84. The zero-order valence-corrected chi connectivity index (χ0v) is 11.9. The lowest BCUT2D eigenvalue weighted by molar-refractivity contribution is 0.319. The van der Waals surface area contributed by atoms with Crippen LogP contribution in [-0.4, -0.2) is 16.4 Å². The van der Waals surface area contributed by atoms with Crippen LogP contribution >= 0.6 is 0 Å². The highest BCUT2D eigenvalue weighted by Crippen LogP contribution is 2.25. The molecular weight excluding hydrogens is 250 g/mol. The molecule has 106 valence electrons. The van der Waals surface area contributed by atoms with Crippen molar-refractivity contribution in [2.75, 3.05) is 12.3 Å². The van der Waals surface area contributed by atoms with Crippen molar-refractivity contribution < 1.29 is 4.74 Å². The molecular formula is C16H21N3O. The van der Waals surface area contributed by atoms with Gasteiger partial charge in [0.25, 0.3) is 0 Å². The van der Waals surface area contributed by atoms with Gasteiger partial charge in [-0.15, -0.1) is 0 Å². The van der Waals surface area contributed by atoms with Gasteiger partial charge < -0.3 is 10.5 Å². The Bertz CT molecular complexity index is 584. The summed E-state index contributed by atoms with van der Waals surface area (Å²) in [5, 5.41) is 4.32. The molecule has 2 aromatic rings. The molecule has 1 aliphatic carbocycles. The molecule has 0 unspecified atom stereocenters. The fourth-order valence-electron chi connectivity index (χ4n) is 2.74. The molecule has 0 fully saturated rings. The van der Waals surface area contributed by atoms with Crippen LogP contribution in [0.1, 0.15) is 29.7 Å². The van der Waals surface area contributed by atoms with E-state index in [0.29, 0.717) is 12.4 Å². The average molecular weight is 271 g/mol. The smallest absolute Gasteiger partial charge is 0.121 e. The molecule has 20 heavy (non-hydrogen) atoms. The average Bonchev–Trinajstić information content (AvgIpc) is 2.77. The number of aryl methyl sites for hydroxylation is 3. The molecule has 3 rings (SSSR count). The van der Waals surface area contributed by atoms with Crippen LogP contribution in [0.15, 0.2) is 24.3 Å². The van der Waals surface area contributed by atoms with E-state index in [1.807, 2.05) is 13.1 Å². The van der Waals surface area contributed by atoms with E-state index in [2.05, 4.69) is 23.3 Å². The van der Waals surface area contributed by atoms with Crippen LogP contribution in [0.3, 0.4) is 0 Å². The SMILES string of the molecule is Cn1nc(CCOc2ccc3c(c2)CCCC3)cc1N. The lowest BCUT2D eigenvalue weighted by Crippen LogP contribution is -2.05. The van der Waals surface area contributed by atoms with Crippen molar-refractivity contribution in [3.05, 3.63) is 41.1 Å². The minimum atomic E-state index is 0.634. The summed E-state index contributed by atoms with van der Waals surface area (Å²) in [6.07, 6.45) is 5.78. The Balaban J connectivity index is 1.58. The second-order valence-corrected chi connectivity index (χ2v) is 5.42. The highest BCUT2D eigenvalue weighted by molar-refractivity contribution is 5.37. The molecule has 0 aliphatic heterocycles. The summed E-state index contributed by atoms with van der Waals surface area (Å²) in [6, 6.07) is 8.39. The number of ether oxygens (including phenoxy) is 1. The van der Waals surface area contributed by atoms with Crippen molar-refractivity contribution in [2.24, 2.45) is 7.05 Å². The molecule has 0 saturated carbocycles. The van der Waals surface area contributed by atoms with E-state index in [4.69, 9.17) is 10.5 Å². The summed E-state index contributed by atoms with van der Waals surface area (Å²) >= 11 is 0. The molecule has 1 aliphatic rings. The Morgan fingerprint density at radius 2 is 2.00 bits per heavy atom. The number of nitrogens with zero attached hydrogens (tertiary/aromatic N) is 2. The van der Waals surface area contributed by atoms with Crippen LogP contribution in [0.2, 0.25) is 0 Å². The van der Waals surface area contributed by atoms with Crippen LogP contribution in [-0.2, 0) is 26.3 Å². The quantitative estimate of drug-likeness (QED) is 0.929. The Morgan fingerprint density at radius 3 is 2.75 bits per heavy atom. The summed E-state index contributed by atoms with van der Waals surface area (Å²) in [5.74, 6) is 1.66. The second-order valence-electron chi connectivity index (χ2n) is 5.42. The first-order chi connectivity index (χ1) is 9.72. The summed E-state index contributed by atoms with van der Waals surface area (Å²) in [4.78, 5) is 0. The molecule has 0 spiro atoms. The van der Waals surface area contributed by atoms with Gasteiger partial charge in [-0.25, -0.2) is 0 Å². The number of fused-ring (bicyclic) bond motifs is 1. The van der Waals surface area contributed by atoms with Gasteiger partial charge in [0.2, 0.25) is 0 Å². The van der Waals surface area contributed by atoms with Crippen LogP contribution < -0.4 is 10.5 Å². The molecule has 1 aromatic carbocycles. The standard InChI is InChI=1S/C16H21N3O/c1-19-16(17)11-14(18-19)8-9-20-15-7-6-12-4-2-3-5-13(12)10-15/h6-7,10-11H,2-5,8-9,17H2,1H3. The highest BCUT2D eigenvalue weighted by atomic mass is 16.5. The maximum atomic E-state index is 5.84. The second kappa shape index (κ2) is 5.57. The van der Waals surface area contributed by atoms with Gasteiger partial charge in [0.15, 0.2) is 0 Å². The Morgan fingerprint density at radius 1 is 1.20 bits per heavy atom. The zero-order valence-electron chi connectivity index (χ0n) is 11.9. The minimum Gasteiger partial charge on any atom is -0.493 e. The number of nitrogen functional groups attached to an aromatic ring is 1. The Kier molecular flexibility index (Phi) is 3.63. The lowest BCUT2D eigenvalue weighted by Gasteiger charge is -2.16. The van der Waals surface area contributed by atoms with Gasteiger partial charge in [0.1, 0.15) is 11.6 Å². The first-order valence-electron chi connectivity index (χ1n) is 7.25. The maximum Gasteiger partial charge on any atom is 0.121 e. The van der Waals surface area contributed by atoms with E-state index in [-0.39, 0.29) is 0 Å². The lowest BCUT2D eigenvalue weighted by atomic mass is 9.92. The molecule has 1 aromatic heterocycles. The van der Waals surface area contributed by atoms with E-state index < -0.39 is 0 Å². The number of benzene rings is 1. The van der Waals surface area contributed by atoms with Crippen LogP contribution in [0, 0.1) is 0 Å². The largest absolute Gasteiger partial charge is 0.493 e. The summed E-state index contributed by atoms with van der Waals surface area (Å²) in [5.41, 5.74) is 9.68. The molecule has 0 saturated heterocycles. The fraction of sp³-hybridized carbons (Fsp3) is 0.438. The normalized spacial score (nSPS) is 14.1. The van der Waals surface area contributed by atoms with Crippen LogP contribution in [0.25, 0.3) is 0 Å². The Hall–Kier alpha value is -1.97. The van der Waals surface area contributed by atoms with E-state index in [1.54, 1.807) is 4.68 Å². The van der Waals surface area contributed by atoms with Crippen molar-refractivity contribution in [1.82, 2.24) is 9.78 Å². The van der Waals surface area contributed by atoms with E-state index in [9.17, 15) is 0 Å². The summed E-state index contributed by atoms with van der Waals surface area (Å²) < 4.78 is 7.52. The van der Waals surface area contributed by atoms with Crippen molar-refractivity contribution in [2.45, 2.75) is 32.1 Å². The molecule has 4 heteroatoms. The van der Waals surface area contributed by atoms with Crippen molar-refractivity contribution in [3.63, 3.8) is 0 Å². The summed E-state index contributed by atoms with van der Waals surface area (Å²) in [6.45, 7) is 0.634. The molecule has 1 heterocycles. The van der Waals surface area contributed by atoms with Crippen molar-refractivity contribution in [3.8, 4) is 5.75 Å². The number of nitrogens with two attached hydrogens (primary N) is 1. The fourth-order valence-corrected chi connectivity index (χ4v) is 2.74. The third-order valence-corrected chi connectivity index (χ3v) is 3.91. The van der Waals surface area contributed by atoms with Crippen LogP contribution in [0.4, 0.5) is 5.82 Å². The minimum absolute atomic E-state index is 0.634. The monoisotopic (exact) mass is 271 g/mol. The molecule has 2 N–H and O–H groups in total. The highest BCUT2D eigenvalue weighted by Gasteiger charge is 2.10. The molecule has 0 radical (unpaired) electrons. The number of hydrogen-bond donors (Lipinski definition) is 1. The third-order valence-electron chi connectivity index (χ3n) is 3.91. The van der Waals surface area contributed by atoms with E-state index in [0.717, 1.165) is 17.9 Å². The third kappa shape index (κ3) is 2.79. The van der Waals surface area contributed by atoms with Crippen molar-refractivity contribution >= 4 is 5.82 Å². The zero-order chi connectivity index (χ0) is 13.9. The topological polar surface area (TPSA) is 53.1 Å².